The van der Waals surface area contributed by atoms with Crippen molar-refractivity contribution in [1.29, 1.82) is 0 Å². The second-order valence-corrected chi connectivity index (χ2v) is 18.8. The molecule has 2 atom stereocenters. The number of imide groups is 1. The number of piperazine rings is 1. The van der Waals surface area contributed by atoms with E-state index in [-0.39, 0.29) is 42.0 Å². The summed E-state index contributed by atoms with van der Waals surface area (Å²) < 4.78 is 30.9. The minimum Gasteiger partial charge on any atom is -0.507 e. The largest absolute Gasteiger partial charge is 0.507 e. The molecule has 0 saturated carbocycles. The topological polar surface area (TPSA) is 171 Å². The molecule has 1 spiro atoms. The number of piperidine rings is 2. The highest BCUT2D eigenvalue weighted by atomic mass is 19.1. The predicted octanol–water partition coefficient (Wildman–Crippen LogP) is 5.83. The lowest BCUT2D eigenvalue weighted by Gasteiger charge is -2.46. The van der Waals surface area contributed by atoms with Crippen LogP contribution >= 0.6 is 0 Å². The zero-order valence-corrected chi connectivity index (χ0v) is 36.7. The van der Waals surface area contributed by atoms with Crippen LogP contribution in [-0.2, 0) is 14.3 Å². The molecule has 0 unspecified atom stereocenters. The summed E-state index contributed by atoms with van der Waals surface area (Å²) in [4.78, 5) is 40.0. The van der Waals surface area contributed by atoms with E-state index in [0.717, 1.165) is 112 Å². The molecule has 2 aromatic carbocycles. The number of nitrogens with zero attached hydrogens (tertiary/aromatic N) is 9. The van der Waals surface area contributed by atoms with E-state index in [4.69, 9.17) is 20.2 Å². The quantitative estimate of drug-likeness (QED) is 0.170. The molecule has 0 aliphatic carbocycles. The van der Waals surface area contributed by atoms with Gasteiger partial charge in [-0.05, 0) is 86.6 Å². The number of rotatable bonds is 8. The first-order valence-electron chi connectivity index (χ1n) is 23.2. The number of pyridine rings is 1. The number of nitrogen functional groups attached to an aromatic ring is 1. The first kappa shape index (κ1) is 41.7. The normalized spacial score (nSPS) is 23.2. The number of fused-ring (bicyclic) bond motifs is 3. The number of phenolic OH excluding ortho intramolecular Hbond substituents is 1. The van der Waals surface area contributed by atoms with Gasteiger partial charge < -0.3 is 44.5 Å². The van der Waals surface area contributed by atoms with Crippen LogP contribution in [0.4, 0.5) is 37.8 Å². The number of benzene rings is 2. The number of nitrogens with two attached hydrogens (primary N) is 1. The zero-order valence-electron chi connectivity index (χ0n) is 36.7. The number of anilines is 5. The summed E-state index contributed by atoms with van der Waals surface area (Å²) in [6, 6.07) is 16.7. The Balaban J connectivity index is 0.668. The number of carbonyl (C=O) groups is 2. The van der Waals surface area contributed by atoms with Gasteiger partial charge in [0, 0.05) is 107 Å². The Kier molecular flexibility index (Phi) is 10.7. The number of para-hydroxylation sites is 1. The van der Waals surface area contributed by atoms with Crippen LogP contribution in [0.3, 0.4) is 0 Å². The van der Waals surface area contributed by atoms with Crippen molar-refractivity contribution in [3.63, 3.8) is 0 Å². The molecule has 5 aromatic rings. The van der Waals surface area contributed by atoms with Crippen molar-refractivity contribution >= 4 is 51.5 Å². The number of hydrogen-bond donors (Lipinski definition) is 3. The maximum absolute atomic E-state index is 15.6. The Morgan fingerprint density at radius 2 is 1.62 bits per heavy atom. The standard InChI is InChI=1S/C48H56FN11O5/c1-30-24-59(46-38(30)20-35(23-51-46)58-17-12-44(62)52-47(58)63)36-28-64-48(65-29-36)13-18-55(19-14-48)25-31-10-15-56(16-11-31)41-21-32(8-9-39(41)49)60-33-6-7-34(60)27-57(26-33)42-22-40(53-54-45(42)50)37-4-2-3-5-43(37)61/h2-5,8-9,20-24,31,33-34,36,61H,6-7,10-19,25-29H2,1H3,(H2,50,54)(H,52,62,63)/t33-,34+. The van der Waals surface area contributed by atoms with Crippen molar-refractivity contribution in [3.8, 4) is 17.0 Å². The van der Waals surface area contributed by atoms with Gasteiger partial charge in [0.2, 0.25) is 5.91 Å². The molecule has 17 heteroatoms. The fourth-order valence-corrected chi connectivity index (χ4v) is 11.2. The van der Waals surface area contributed by atoms with Gasteiger partial charge in [-0.3, -0.25) is 15.0 Å². The molecule has 6 aliphatic rings. The van der Waals surface area contributed by atoms with E-state index in [1.54, 1.807) is 29.3 Å². The van der Waals surface area contributed by atoms with Crippen LogP contribution in [0.25, 0.3) is 22.3 Å². The molecule has 0 radical (unpaired) electrons. The average Bonchev–Trinajstić information content (AvgIpc) is 3.78. The summed E-state index contributed by atoms with van der Waals surface area (Å²) in [5.41, 5.74) is 12.7. The van der Waals surface area contributed by atoms with E-state index in [0.29, 0.717) is 54.1 Å². The third-order valence-corrected chi connectivity index (χ3v) is 14.8. The first-order chi connectivity index (χ1) is 31.6. The molecular weight excluding hydrogens is 830 g/mol. The van der Waals surface area contributed by atoms with Gasteiger partial charge in [-0.2, -0.15) is 0 Å². The van der Waals surface area contributed by atoms with E-state index in [1.807, 2.05) is 37.3 Å². The van der Waals surface area contributed by atoms with Gasteiger partial charge in [-0.1, -0.05) is 12.1 Å². The van der Waals surface area contributed by atoms with Crippen molar-refractivity contribution < 1.29 is 28.6 Å². The number of urea groups is 1. The van der Waals surface area contributed by atoms with Crippen molar-refractivity contribution in [2.24, 2.45) is 5.92 Å². The first-order valence-corrected chi connectivity index (χ1v) is 23.2. The molecule has 9 heterocycles. The van der Waals surface area contributed by atoms with Crippen molar-refractivity contribution in [3.05, 3.63) is 78.4 Å². The Labute approximate surface area is 377 Å². The third kappa shape index (κ3) is 7.86. The lowest BCUT2D eigenvalue weighted by molar-refractivity contribution is -0.295. The number of aromatic nitrogens is 4. The summed E-state index contributed by atoms with van der Waals surface area (Å²) in [5.74, 6) is 0.0514. The second kappa shape index (κ2) is 16.7. The average molecular weight is 886 g/mol. The molecule has 6 aliphatic heterocycles. The van der Waals surface area contributed by atoms with Crippen LogP contribution in [0, 0.1) is 18.7 Å². The fraction of sp³-hybridized carbons (Fsp3) is 0.479. The van der Waals surface area contributed by atoms with Crippen LogP contribution in [0.5, 0.6) is 5.75 Å². The summed E-state index contributed by atoms with van der Waals surface area (Å²) in [7, 11) is 0. The van der Waals surface area contributed by atoms with Gasteiger partial charge in [-0.25, -0.2) is 14.2 Å². The molecular formula is C48H56FN11O5. The summed E-state index contributed by atoms with van der Waals surface area (Å²) >= 11 is 0. The van der Waals surface area contributed by atoms with Gasteiger partial charge in [0.15, 0.2) is 11.6 Å². The maximum atomic E-state index is 15.6. The summed E-state index contributed by atoms with van der Waals surface area (Å²) in [6.45, 7) is 9.43. The molecule has 2 bridgehead atoms. The Bertz CT molecular complexity index is 2600. The zero-order chi connectivity index (χ0) is 44.4. The van der Waals surface area contributed by atoms with E-state index in [9.17, 15) is 14.7 Å². The SMILES string of the molecule is Cc1cn(C2COC3(CCN(CC4CCN(c5cc(N6[C@@H]7CC[C@H]6CN(c6cc(-c8ccccc8O)nnc6N)C7)ccc5F)CC4)CC3)OC2)c2ncc(N3CCC(=O)NC3=O)cc12. The minimum absolute atomic E-state index is 0.0258. The molecule has 16 nitrogen and oxygen atoms in total. The number of nitrogens with one attached hydrogen (secondary N) is 1. The fourth-order valence-electron chi connectivity index (χ4n) is 11.2. The van der Waals surface area contributed by atoms with Crippen LogP contribution in [0.15, 0.2) is 67.0 Å². The van der Waals surface area contributed by atoms with Crippen LogP contribution in [-0.4, -0.2) is 125 Å². The lowest BCUT2D eigenvalue weighted by Crippen LogP contribution is -2.54. The number of ether oxygens (including phenoxy) is 2. The number of phenols is 1. The Morgan fingerprint density at radius 1 is 0.862 bits per heavy atom. The predicted molar refractivity (Wildman–Crippen MR) is 246 cm³/mol. The number of hydrogen-bond acceptors (Lipinski definition) is 13. The van der Waals surface area contributed by atoms with E-state index in [2.05, 4.69) is 51.9 Å². The number of carbonyl (C=O) groups excluding carboxylic acids is 2. The summed E-state index contributed by atoms with van der Waals surface area (Å²) in [5, 5.41) is 22.4. The van der Waals surface area contributed by atoms with Crippen LogP contribution < -0.4 is 30.7 Å². The highest BCUT2D eigenvalue weighted by Gasteiger charge is 2.43. The summed E-state index contributed by atoms with van der Waals surface area (Å²) in [6.07, 6.45) is 9.77. The molecule has 3 aromatic heterocycles. The second-order valence-electron chi connectivity index (χ2n) is 18.8. The number of likely N-dealkylation sites (tertiary alicyclic amines) is 1. The van der Waals surface area contributed by atoms with Crippen LogP contribution in [0.2, 0.25) is 0 Å². The van der Waals surface area contributed by atoms with E-state index in [1.165, 1.54) is 0 Å². The lowest BCUT2D eigenvalue weighted by atomic mass is 9.94. The molecule has 340 valence electrons. The van der Waals surface area contributed by atoms with Gasteiger partial charge in [0.25, 0.3) is 0 Å². The molecule has 6 saturated heterocycles. The van der Waals surface area contributed by atoms with E-state index >= 15 is 4.39 Å². The van der Waals surface area contributed by atoms with Crippen molar-refractivity contribution in [2.75, 3.05) is 90.9 Å². The Morgan fingerprint density at radius 3 is 2.35 bits per heavy atom. The molecule has 3 amide bonds. The number of amides is 3. The molecule has 11 rings (SSSR count). The molecule has 4 N–H and O–H groups in total. The number of halogens is 1. The smallest absolute Gasteiger partial charge is 0.328 e. The molecule has 6 fully saturated rings. The van der Waals surface area contributed by atoms with Crippen molar-refractivity contribution in [1.82, 2.24) is 30.0 Å². The highest BCUT2D eigenvalue weighted by Crippen LogP contribution is 2.42. The monoisotopic (exact) mass is 885 g/mol. The van der Waals surface area contributed by atoms with Gasteiger partial charge in [-0.15, -0.1) is 10.2 Å². The van der Waals surface area contributed by atoms with Gasteiger partial charge in [0.05, 0.1) is 48.2 Å². The number of aryl methyl sites for hydroxylation is 1. The van der Waals surface area contributed by atoms with Crippen LogP contribution in [0.1, 0.15) is 56.6 Å². The molecule has 65 heavy (non-hydrogen) atoms. The highest BCUT2D eigenvalue weighted by molar-refractivity contribution is 6.06. The van der Waals surface area contributed by atoms with E-state index < -0.39 is 11.8 Å². The third-order valence-electron chi connectivity index (χ3n) is 14.8. The number of aromatic hydroxyl groups is 1. The Hall–Kier alpha value is -6.04. The van der Waals surface area contributed by atoms with Gasteiger partial charge >= 0.3 is 6.03 Å². The van der Waals surface area contributed by atoms with Crippen molar-refractivity contribution in [2.45, 2.75) is 75.8 Å². The maximum Gasteiger partial charge on any atom is 0.328 e. The van der Waals surface area contributed by atoms with Gasteiger partial charge in [0.1, 0.15) is 17.2 Å². The minimum atomic E-state index is -0.580.